The number of hydrogen-bond acceptors (Lipinski definition) is 2. The van der Waals surface area contributed by atoms with Crippen LogP contribution in [0.1, 0.15) is 19.3 Å². The maximum atomic E-state index is 10.4. The summed E-state index contributed by atoms with van der Waals surface area (Å²) >= 11 is 0. The SMILES string of the molecule is C#CCCCCN(C)C/C=C/C(N)=O. The number of carbonyl (C=O) groups is 1. The van der Waals surface area contributed by atoms with Crippen molar-refractivity contribution >= 4 is 5.91 Å². The molecule has 0 atom stereocenters. The summed E-state index contributed by atoms with van der Waals surface area (Å²) in [5.41, 5.74) is 4.95. The molecule has 3 nitrogen and oxygen atoms in total. The van der Waals surface area contributed by atoms with Crippen LogP contribution in [0.15, 0.2) is 12.2 Å². The molecular formula is C11H18N2O. The normalized spacial score (nSPS) is 10.6. The summed E-state index contributed by atoms with van der Waals surface area (Å²) in [6.45, 7) is 1.74. The fourth-order valence-electron chi connectivity index (χ4n) is 1.05. The molecule has 0 saturated carbocycles. The molecule has 0 heterocycles. The number of terminal acetylenes is 1. The number of likely N-dealkylation sites (N-methyl/N-ethyl adjacent to an activating group) is 1. The lowest BCUT2D eigenvalue weighted by atomic mass is 10.2. The van der Waals surface area contributed by atoms with E-state index in [-0.39, 0.29) is 0 Å². The van der Waals surface area contributed by atoms with Crippen molar-refractivity contribution < 1.29 is 4.79 Å². The molecule has 0 aliphatic heterocycles. The lowest BCUT2D eigenvalue weighted by molar-refractivity contribution is -0.113. The molecule has 0 aliphatic rings. The second kappa shape index (κ2) is 8.33. The molecule has 0 spiro atoms. The topological polar surface area (TPSA) is 46.3 Å². The second-order valence-electron chi connectivity index (χ2n) is 3.23. The molecule has 0 rings (SSSR count). The number of unbranched alkanes of at least 4 members (excludes halogenated alkanes) is 2. The molecule has 0 aromatic heterocycles. The molecule has 14 heavy (non-hydrogen) atoms. The highest BCUT2D eigenvalue weighted by molar-refractivity contribution is 5.85. The van der Waals surface area contributed by atoms with Gasteiger partial charge in [0.15, 0.2) is 0 Å². The molecule has 0 fully saturated rings. The van der Waals surface area contributed by atoms with Crippen molar-refractivity contribution in [2.75, 3.05) is 20.1 Å². The van der Waals surface area contributed by atoms with E-state index >= 15 is 0 Å². The van der Waals surface area contributed by atoms with E-state index < -0.39 is 5.91 Å². The van der Waals surface area contributed by atoms with Gasteiger partial charge in [-0.2, -0.15) is 0 Å². The summed E-state index contributed by atoms with van der Waals surface area (Å²) in [5.74, 6) is 2.21. The van der Waals surface area contributed by atoms with Crippen molar-refractivity contribution in [3.63, 3.8) is 0 Å². The van der Waals surface area contributed by atoms with Gasteiger partial charge < -0.3 is 10.6 Å². The molecule has 0 radical (unpaired) electrons. The van der Waals surface area contributed by atoms with Gasteiger partial charge in [0.1, 0.15) is 0 Å². The molecular weight excluding hydrogens is 176 g/mol. The van der Waals surface area contributed by atoms with E-state index in [0.717, 1.165) is 32.4 Å². The fraction of sp³-hybridized carbons (Fsp3) is 0.545. The van der Waals surface area contributed by atoms with E-state index in [1.807, 2.05) is 7.05 Å². The van der Waals surface area contributed by atoms with Crippen LogP contribution >= 0.6 is 0 Å². The summed E-state index contributed by atoms with van der Waals surface area (Å²) in [5, 5.41) is 0. The first kappa shape index (κ1) is 12.7. The Kier molecular flexibility index (Phi) is 7.58. The molecule has 0 aromatic rings. The average molecular weight is 194 g/mol. The van der Waals surface area contributed by atoms with Crippen LogP contribution in [-0.4, -0.2) is 30.9 Å². The minimum absolute atomic E-state index is 0.397. The molecule has 3 heteroatoms. The Hall–Kier alpha value is -1.27. The molecule has 1 amide bonds. The Morgan fingerprint density at radius 1 is 1.57 bits per heavy atom. The van der Waals surface area contributed by atoms with Crippen LogP contribution in [0, 0.1) is 12.3 Å². The molecule has 0 unspecified atom stereocenters. The second-order valence-corrected chi connectivity index (χ2v) is 3.23. The first-order valence-electron chi connectivity index (χ1n) is 4.74. The van der Waals surface area contributed by atoms with Crippen LogP contribution in [0.25, 0.3) is 0 Å². The fourth-order valence-corrected chi connectivity index (χ4v) is 1.05. The molecule has 78 valence electrons. The highest BCUT2D eigenvalue weighted by Gasteiger charge is 1.94. The summed E-state index contributed by atoms with van der Waals surface area (Å²) < 4.78 is 0. The highest BCUT2D eigenvalue weighted by Crippen LogP contribution is 1.96. The van der Waals surface area contributed by atoms with Gasteiger partial charge in [0, 0.05) is 13.0 Å². The Bertz CT molecular complexity index is 228. The standard InChI is InChI=1S/C11H18N2O/c1-3-4-5-6-9-13(2)10-7-8-11(12)14/h1,7-8H,4-6,9-10H2,2H3,(H2,12,14)/b8-7+. The number of carbonyl (C=O) groups excluding carboxylic acids is 1. The largest absolute Gasteiger partial charge is 0.366 e. The molecule has 0 aliphatic carbocycles. The summed E-state index contributed by atoms with van der Waals surface area (Å²) in [7, 11) is 2.00. The summed E-state index contributed by atoms with van der Waals surface area (Å²) in [4.78, 5) is 12.5. The Morgan fingerprint density at radius 2 is 2.29 bits per heavy atom. The predicted octanol–water partition coefficient (Wildman–Crippen LogP) is 0.763. The number of hydrogen-bond donors (Lipinski definition) is 1. The van der Waals surface area contributed by atoms with Gasteiger partial charge in [0.25, 0.3) is 0 Å². The maximum absolute atomic E-state index is 10.4. The van der Waals surface area contributed by atoms with E-state index in [2.05, 4.69) is 10.8 Å². The van der Waals surface area contributed by atoms with E-state index in [9.17, 15) is 4.79 Å². The van der Waals surface area contributed by atoms with Crippen LogP contribution in [0.4, 0.5) is 0 Å². The smallest absolute Gasteiger partial charge is 0.241 e. The van der Waals surface area contributed by atoms with Gasteiger partial charge in [-0.05, 0) is 32.5 Å². The zero-order valence-electron chi connectivity index (χ0n) is 8.70. The number of nitrogens with two attached hydrogens (primary N) is 1. The highest BCUT2D eigenvalue weighted by atomic mass is 16.1. The van der Waals surface area contributed by atoms with Crippen molar-refractivity contribution in [1.82, 2.24) is 4.90 Å². The van der Waals surface area contributed by atoms with Gasteiger partial charge in [0.2, 0.25) is 5.91 Å². The minimum atomic E-state index is -0.397. The van der Waals surface area contributed by atoms with Crippen molar-refractivity contribution in [2.45, 2.75) is 19.3 Å². The van der Waals surface area contributed by atoms with Gasteiger partial charge in [-0.15, -0.1) is 12.3 Å². The van der Waals surface area contributed by atoms with Gasteiger partial charge in [-0.1, -0.05) is 6.08 Å². The molecule has 0 bridgehead atoms. The van der Waals surface area contributed by atoms with Gasteiger partial charge in [-0.25, -0.2) is 0 Å². The zero-order valence-corrected chi connectivity index (χ0v) is 8.70. The number of primary amides is 1. The minimum Gasteiger partial charge on any atom is -0.366 e. The van der Waals surface area contributed by atoms with E-state index in [4.69, 9.17) is 12.2 Å². The van der Waals surface area contributed by atoms with Crippen molar-refractivity contribution in [3.8, 4) is 12.3 Å². The quantitative estimate of drug-likeness (QED) is 0.369. The van der Waals surface area contributed by atoms with Crippen LogP contribution in [0.3, 0.4) is 0 Å². The number of rotatable bonds is 7. The number of amides is 1. The molecule has 0 saturated heterocycles. The van der Waals surface area contributed by atoms with E-state index in [1.54, 1.807) is 6.08 Å². The first-order chi connectivity index (χ1) is 6.66. The van der Waals surface area contributed by atoms with Crippen molar-refractivity contribution in [2.24, 2.45) is 5.73 Å². The first-order valence-corrected chi connectivity index (χ1v) is 4.74. The molecule has 2 N–H and O–H groups in total. The van der Waals surface area contributed by atoms with E-state index in [1.165, 1.54) is 6.08 Å². The zero-order chi connectivity index (χ0) is 10.8. The lowest BCUT2D eigenvalue weighted by Crippen LogP contribution is -2.20. The summed E-state index contributed by atoms with van der Waals surface area (Å²) in [6, 6.07) is 0. The van der Waals surface area contributed by atoms with Gasteiger partial charge >= 0.3 is 0 Å². The Morgan fingerprint density at radius 3 is 2.86 bits per heavy atom. The van der Waals surface area contributed by atoms with Crippen LogP contribution < -0.4 is 5.73 Å². The van der Waals surface area contributed by atoms with Gasteiger partial charge in [-0.3, -0.25) is 4.79 Å². The summed E-state index contributed by atoms with van der Waals surface area (Å²) in [6.07, 6.45) is 11.3. The maximum Gasteiger partial charge on any atom is 0.241 e. The van der Waals surface area contributed by atoms with Crippen LogP contribution in [0.5, 0.6) is 0 Å². The average Bonchev–Trinajstić information content (AvgIpc) is 2.12. The monoisotopic (exact) mass is 194 g/mol. The van der Waals surface area contributed by atoms with Crippen molar-refractivity contribution in [1.29, 1.82) is 0 Å². The third-order valence-electron chi connectivity index (χ3n) is 1.81. The lowest BCUT2D eigenvalue weighted by Gasteiger charge is -2.12. The predicted molar refractivity (Wildman–Crippen MR) is 58.5 cm³/mol. The Balaban J connectivity index is 3.42. The molecule has 0 aromatic carbocycles. The van der Waals surface area contributed by atoms with Gasteiger partial charge in [0.05, 0.1) is 0 Å². The van der Waals surface area contributed by atoms with Crippen molar-refractivity contribution in [3.05, 3.63) is 12.2 Å². The third-order valence-corrected chi connectivity index (χ3v) is 1.81. The third kappa shape index (κ3) is 8.82. The Labute approximate surface area is 86.0 Å². The van der Waals surface area contributed by atoms with E-state index in [0.29, 0.717) is 0 Å². The number of nitrogens with zero attached hydrogens (tertiary/aromatic N) is 1. The van der Waals surface area contributed by atoms with Crippen LogP contribution in [0.2, 0.25) is 0 Å². The van der Waals surface area contributed by atoms with Crippen LogP contribution in [-0.2, 0) is 4.79 Å².